The van der Waals surface area contributed by atoms with Gasteiger partial charge in [0.2, 0.25) is 0 Å². The van der Waals surface area contributed by atoms with Crippen molar-refractivity contribution >= 4 is 22.6 Å². The maximum atomic E-state index is 6.08. The number of para-hydroxylation sites is 1. The first-order valence-corrected chi connectivity index (χ1v) is 5.93. The van der Waals surface area contributed by atoms with Crippen molar-refractivity contribution in [2.24, 2.45) is 5.92 Å². The van der Waals surface area contributed by atoms with E-state index in [0.717, 1.165) is 29.6 Å². The maximum absolute atomic E-state index is 6.08. The molecule has 0 amide bonds. The molecule has 0 atom stereocenters. The molecule has 2 aromatic rings. The Labute approximate surface area is 101 Å². The van der Waals surface area contributed by atoms with Crippen LogP contribution in [0.25, 0.3) is 11.0 Å². The number of fused-ring (bicyclic) bond motifs is 1. The lowest BCUT2D eigenvalue weighted by Crippen LogP contribution is -2.18. The molecule has 0 saturated carbocycles. The van der Waals surface area contributed by atoms with E-state index in [-0.39, 0.29) is 0 Å². The van der Waals surface area contributed by atoms with Gasteiger partial charge in [0.05, 0.1) is 0 Å². The average Bonchev–Trinajstić information content (AvgIpc) is 2.55. The first-order chi connectivity index (χ1) is 7.68. The highest BCUT2D eigenvalue weighted by Crippen LogP contribution is 2.29. The fourth-order valence-corrected chi connectivity index (χ4v) is 1.97. The summed E-state index contributed by atoms with van der Waals surface area (Å²) in [6, 6.07) is 7.93. The minimum absolute atomic E-state index is 0.498. The van der Waals surface area contributed by atoms with Crippen LogP contribution in [0.3, 0.4) is 0 Å². The van der Waals surface area contributed by atoms with Crippen LogP contribution in [0.4, 0.5) is 0 Å². The zero-order chi connectivity index (χ0) is 11.5. The molecular formula is C13H16ClNO. The fourth-order valence-electron chi connectivity index (χ4n) is 1.72. The van der Waals surface area contributed by atoms with Crippen LogP contribution in [-0.4, -0.2) is 6.54 Å². The summed E-state index contributed by atoms with van der Waals surface area (Å²) in [4.78, 5) is 0. The molecule has 0 fully saturated rings. The van der Waals surface area contributed by atoms with Gasteiger partial charge in [0, 0.05) is 17.5 Å². The minimum Gasteiger partial charge on any atom is -0.444 e. The van der Waals surface area contributed by atoms with Gasteiger partial charge in [0.25, 0.3) is 0 Å². The molecule has 1 N–H and O–H groups in total. The molecule has 16 heavy (non-hydrogen) atoms. The largest absolute Gasteiger partial charge is 0.444 e. The molecule has 0 saturated heterocycles. The summed E-state index contributed by atoms with van der Waals surface area (Å²) >= 11 is 6.08. The first-order valence-electron chi connectivity index (χ1n) is 5.55. The molecule has 86 valence electrons. The third-order valence-corrected chi connectivity index (χ3v) is 2.81. The van der Waals surface area contributed by atoms with Crippen LogP contribution in [0.2, 0.25) is 5.22 Å². The second-order valence-electron chi connectivity index (χ2n) is 4.38. The molecule has 1 aromatic heterocycles. The highest BCUT2D eigenvalue weighted by Gasteiger charge is 2.11. The summed E-state index contributed by atoms with van der Waals surface area (Å²) in [7, 11) is 0. The number of hydrogen-bond acceptors (Lipinski definition) is 2. The van der Waals surface area contributed by atoms with Gasteiger partial charge in [-0.25, -0.2) is 0 Å². The number of nitrogens with one attached hydrogen (secondary N) is 1. The Morgan fingerprint density at radius 2 is 2.06 bits per heavy atom. The summed E-state index contributed by atoms with van der Waals surface area (Å²) in [6.45, 7) is 6.11. The second-order valence-corrected chi connectivity index (χ2v) is 4.72. The topological polar surface area (TPSA) is 25.2 Å². The van der Waals surface area contributed by atoms with Crippen molar-refractivity contribution in [3.8, 4) is 0 Å². The lowest BCUT2D eigenvalue weighted by Gasteiger charge is -2.06. The molecule has 0 radical (unpaired) electrons. The lowest BCUT2D eigenvalue weighted by molar-refractivity contribution is 0.547. The van der Waals surface area contributed by atoms with Crippen LogP contribution >= 0.6 is 11.6 Å². The van der Waals surface area contributed by atoms with Crippen LogP contribution in [-0.2, 0) is 6.54 Å². The number of rotatable bonds is 4. The smallest absolute Gasteiger partial charge is 0.199 e. The Bertz CT molecular complexity index is 476. The summed E-state index contributed by atoms with van der Waals surface area (Å²) in [6.07, 6.45) is 0. The van der Waals surface area contributed by atoms with Gasteiger partial charge in [0.1, 0.15) is 5.58 Å². The number of furan rings is 1. The van der Waals surface area contributed by atoms with E-state index < -0.39 is 0 Å². The Kier molecular flexibility index (Phi) is 3.52. The van der Waals surface area contributed by atoms with Gasteiger partial charge in [-0.15, -0.1) is 0 Å². The normalized spacial score (nSPS) is 11.5. The first kappa shape index (κ1) is 11.5. The number of hydrogen-bond donors (Lipinski definition) is 1. The Balaban J connectivity index is 2.19. The SMILES string of the molecule is CC(C)CNCc1c(Cl)oc2ccccc12. The zero-order valence-electron chi connectivity index (χ0n) is 9.59. The number of benzene rings is 1. The van der Waals surface area contributed by atoms with Crippen molar-refractivity contribution in [2.45, 2.75) is 20.4 Å². The molecule has 0 aliphatic carbocycles. The Morgan fingerprint density at radius 1 is 1.31 bits per heavy atom. The van der Waals surface area contributed by atoms with Gasteiger partial charge in [-0.1, -0.05) is 32.0 Å². The molecule has 1 aromatic carbocycles. The van der Waals surface area contributed by atoms with Crippen molar-refractivity contribution in [2.75, 3.05) is 6.54 Å². The van der Waals surface area contributed by atoms with Crippen molar-refractivity contribution in [1.29, 1.82) is 0 Å². The maximum Gasteiger partial charge on any atom is 0.199 e. The minimum atomic E-state index is 0.498. The van der Waals surface area contributed by atoms with Gasteiger partial charge in [-0.2, -0.15) is 0 Å². The summed E-state index contributed by atoms with van der Waals surface area (Å²) < 4.78 is 5.48. The van der Waals surface area contributed by atoms with Crippen molar-refractivity contribution < 1.29 is 4.42 Å². The molecule has 1 heterocycles. The molecular weight excluding hydrogens is 222 g/mol. The lowest BCUT2D eigenvalue weighted by atomic mass is 10.1. The quantitative estimate of drug-likeness (QED) is 0.874. The molecule has 2 nitrogen and oxygen atoms in total. The van der Waals surface area contributed by atoms with Crippen molar-refractivity contribution in [3.63, 3.8) is 0 Å². The van der Waals surface area contributed by atoms with Crippen LogP contribution in [0.1, 0.15) is 19.4 Å². The molecule has 0 spiro atoms. The van der Waals surface area contributed by atoms with E-state index in [1.54, 1.807) is 0 Å². The van der Waals surface area contributed by atoms with Crippen molar-refractivity contribution in [3.05, 3.63) is 35.0 Å². The van der Waals surface area contributed by atoms with E-state index in [9.17, 15) is 0 Å². The van der Waals surface area contributed by atoms with E-state index in [1.165, 1.54) is 0 Å². The molecule has 0 aliphatic rings. The monoisotopic (exact) mass is 237 g/mol. The van der Waals surface area contributed by atoms with E-state index >= 15 is 0 Å². The molecule has 0 bridgehead atoms. The summed E-state index contributed by atoms with van der Waals surface area (Å²) in [5.74, 6) is 0.636. The predicted molar refractivity (Wildman–Crippen MR) is 67.8 cm³/mol. The van der Waals surface area contributed by atoms with Gasteiger partial charge in [0.15, 0.2) is 5.22 Å². The van der Waals surface area contributed by atoms with Gasteiger partial charge in [-0.3, -0.25) is 0 Å². The van der Waals surface area contributed by atoms with Crippen LogP contribution in [0.15, 0.2) is 28.7 Å². The van der Waals surface area contributed by atoms with Gasteiger partial charge in [-0.05, 0) is 30.1 Å². The van der Waals surface area contributed by atoms with Gasteiger partial charge < -0.3 is 9.73 Å². The van der Waals surface area contributed by atoms with Crippen LogP contribution < -0.4 is 5.32 Å². The van der Waals surface area contributed by atoms with E-state index in [4.69, 9.17) is 16.0 Å². The molecule has 0 aliphatic heterocycles. The summed E-state index contributed by atoms with van der Waals surface area (Å²) in [5.41, 5.74) is 1.91. The molecule has 0 unspecified atom stereocenters. The third kappa shape index (κ3) is 2.39. The highest BCUT2D eigenvalue weighted by atomic mass is 35.5. The highest BCUT2D eigenvalue weighted by molar-refractivity contribution is 6.30. The van der Waals surface area contributed by atoms with Crippen molar-refractivity contribution in [1.82, 2.24) is 5.32 Å². The summed E-state index contributed by atoms with van der Waals surface area (Å²) in [5, 5.41) is 4.97. The molecule has 3 heteroatoms. The van der Waals surface area contributed by atoms with Crippen LogP contribution in [0.5, 0.6) is 0 Å². The second kappa shape index (κ2) is 4.89. The average molecular weight is 238 g/mol. The zero-order valence-corrected chi connectivity index (χ0v) is 10.3. The Morgan fingerprint density at radius 3 is 2.81 bits per heavy atom. The van der Waals surface area contributed by atoms with Crippen LogP contribution in [0, 0.1) is 5.92 Å². The fraction of sp³-hybridized carbons (Fsp3) is 0.385. The van der Waals surface area contributed by atoms with E-state index in [0.29, 0.717) is 11.1 Å². The third-order valence-electron chi connectivity index (χ3n) is 2.50. The Hall–Kier alpha value is -0.990. The standard InChI is InChI=1S/C13H16ClNO/c1-9(2)7-15-8-11-10-5-3-4-6-12(10)16-13(11)14/h3-6,9,15H,7-8H2,1-2H3. The van der Waals surface area contributed by atoms with Gasteiger partial charge >= 0.3 is 0 Å². The van der Waals surface area contributed by atoms with E-state index in [2.05, 4.69) is 19.2 Å². The predicted octanol–water partition coefficient (Wildman–Crippen LogP) is 3.83. The molecule has 2 rings (SSSR count). The number of halogens is 1. The van der Waals surface area contributed by atoms with E-state index in [1.807, 2.05) is 24.3 Å².